The zero-order chi connectivity index (χ0) is 19.7. The maximum absolute atomic E-state index is 12.5. The number of hydrogen-bond donors (Lipinski definition) is 0. The van der Waals surface area contributed by atoms with Crippen LogP contribution in [0.2, 0.25) is 0 Å². The highest BCUT2D eigenvalue weighted by Crippen LogP contribution is 2.22. The van der Waals surface area contributed by atoms with Crippen LogP contribution in [0.1, 0.15) is 32.8 Å². The van der Waals surface area contributed by atoms with E-state index in [4.69, 9.17) is 9.47 Å². The van der Waals surface area contributed by atoms with Gasteiger partial charge in [-0.05, 0) is 63.4 Å². The molecule has 0 heterocycles. The van der Waals surface area contributed by atoms with Gasteiger partial charge in [0, 0.05) is 18.4 Å². The second-order valence-corrected chi connectivity index (χ2v) is 8.12. The lowest BCUT2D eigenvalue weighted by molar-refractivity contribution is 0.0253. The van der Waals surface area contributed by atoms with Crippen molar-refractivity contribution in [2.24, 2.45) is 0 Å². The molecule has 0 unspecified atom stereocenters. The normalized spacial score (nSPS) is 11.1. The number of alkyl halides is 1. The smallest absolute Gasteiger partial charge is 0.410 e. The molecule has 4 nitrogen and oxygen atoms in total. The molecular weight excluding hydrogens is 406 g/mol. The number of para-hydroxylation sites is 1. The maximum Gasteiger partial charge on any atom is 0.410 e. The molecule has 0 aliphatic rings. The van der Waals surface area contributed by atoms with Crippen molar-refractivity contribution in [3.63, 3.8) is 0 Å². The molecule has 5 heteroatoms. The molecule has 146 valence electrons. The van der Waals surface area contributed by atoms with E-state index in [0.717, 1.165) is 35.2 Å². The summed E-state index contributed by atoms with van der Waals surface area (Å²) in [5.74, 6) is 1.60. The van der Waals surface area contributed by atoms with Crippen molar-refractivity contribution in [1.82, 2.24) is 4.90 Å². The molecule has 2 aromatic carbocycles. The Kier molecular flexibility index (Phi) is 8.17. The topological polar surface area (TPSA) is 38.8 Å². The quantitative estimate of drug-likeness (QED) is 0.476. The molecule has 2 aromatic rings. The summed E-state index contributed by atoms with van der Waals surface area (Å²) in [6.45, 7) is 6.94. The molecule has 0 saturated heterocycles. The van der Waals surface area contributed by atoms with Crippen LogP contribution in [0.3, 0.4) is 0 Å². The molecular formula is C22H28BrNO3. The third-order valence-electron chi connectivity index (χ3n) is 3.76. The van der Waals surface area contributed by atoms with Gasteiger partial charge in [-0.25, -0.2) is 4.79 Å². The van der Waals surface area contributed by atoms with Crippen molar-refractivity contribution < 1.29 is 14.3 Å². The van der Waals surface area contributed by atoms with Gasteiger partial charge in [-0.2, -0.15) is 0 Å². The van der Waals surface area contributed by atoms with Crippen molar-refractivity contribution in [2.45, 2.75) is 39.2 Å². The van der Waals surface area contributed by atoms with Crippen LogP contribution in [0.15, 0.2) is 54.6 Å². The Morgan fingerprint density at radius 1 is 1.00 bits per heavy atom. The Labute approximate surface area is 170 Å². The minimum Gasteiger partial charge on any atom is -0.457 e. The Hall–Kier alpha value is -2.01. The van der Waals surface area contributed by atoms with Crippen LogP contribution in [-0.2, 0) is 11.2 Å². The first-order chi connectivity index (χ1) is 12.9. The van der Waals surface area contributed by atoms with Crippen LogP contribution in [0.4, 0.5) is 4.79 Å². The maximum atomic E-state index is 12.5. The van der Waals surface area contributed by atoms with Crippen LogP contribution < -0.4 is 4.74 Å². The minimum atomic E-state index is -0.493. The van der Waals surface area contributed by atoms with E-state index in [9.17, 15) is 4.79 Å². The number of benzene rings is 2. The van der Waals surface area contributed by atoms with Crippen molar-refractivity contribution in [3.05, 3.63) is 60.2 Å². The monoisotopic (exact) mass is 433 g/mol. The number of carbonyl (C=O) groups is 1. The van der Waals surface area contributed by atoms with Crippen LogP contribution in [0.5, 0.6) is 11.5 Å². The lowest BCUT2D eigenvalue weighted by atomic mass is 10.1. The highest BCUT2D eigenvalue weighted by molar-refractivity contribution is 9.09. The third kappa shape index (κ3) is 8.04. The predicted molar refractivity (Wildman–Crippen MR) is 113 cm³/mol. The summed E-state index contributed by atoms with van der Waals surface area (Å²) in [6.07, 6.45) is 1.37. The Bertz CT molecular complexity index is 713. The van der Waals surface area contributed by atoms with Gasteiger partial charge in [0.2, 0.25) is 0 Å². The van der Waals surface area contributed by atoms with E-state index in [1.165, 1.54) is 0 Å². The van der Waals surface area contributed by atoms with Gasteiger partial charge in [0.1, 0.15) is 17.1 Å². The van der Waals surface area contributed by atoms with Gasteiger partial charge < -0.3 is 14.4 Å². The molecule has 0 radical (unpaired) electrons. The summed E-state index contributed by atoms with van der Waals surface area (Å²) in [6, 6.07) is 17.7. The van der Waals surface area contributed by atoms with E-state index in [1.54, 1.807) is 4.90 Å². The van der Waals surface area contributed by atoms with E-state index in [2.05, 4.69) is 22.0 Å². The SMILES string of the molecule is CC(C)(C)OC(=O)N(CCCBr)CCc1cccc(Oc2ccccc2)c1. The number of carbonyl (C=O) groups excluding carboxylic acids is 1. The number of amides is 1. The van der Waals surface area contributed by atoms with E-state index in [-0.39, 0.29) is 6.09 Å². The molecule has 0 N–H and O–H groups in total. The molecule has 0 spiro atoms. The van der Waals surface area contributed by atoms with E-state index in [1.807, 2.05) is 69.3 Å². The number of halogens is 1. The summed E-state index contributed by atoms with van der Waals surface area (Å²) in [5, 5.41) is 0.854. The molecule has 0 aliphatic carbocycles. The Balaban J connectivity index is 1.99. The van der Waals surface area contributed by atoms with Crippen LogP contribution >= 0.6 is 15.9 Å². The number of nitrogens with zero attached hydrogens (tertiary/aromatic N) is 1. The minimum absolute atomic E-state index is 0.264. The summed E-state index contributed by atoms with van der Waals surface area (Å²) in [5.41, 5.74) is 0.628. The first-order valence-corrected chi connectivity index (χ1v) is 10.4. The largest absolute Gasteiger partial charge is 0.457 e. The second-order valence-electron chi connectivity index (χ2n) is 7.32. The Morgan fingerprint density at radius 3 is 2.37 bits per heavy atom. The molecule has 0 aromatic heterocycles. The molecule has 27 heavy (non-hydrogen) atoms. The average molecular weight is 434 g/mol. The average Bonchev–Trinajstić information content (AvgIpc) is 2.61. The zero-order valence-electron chi connectivity index (χ0n) is 16.3. The van der Waals surface area contributed by atoms with Gasteiger partial charge in [0.15, 0.2) is 0 Å². The lowest BCUT2D eigenvalue weighted by Crippen LogP contribution is -2.38. The standard InChI is InChI=1S/C22H28BrNO3/c1-22(2,3)27-21(25)24(15-8-14-23)16-13-18-9-7-12-20(17-18)26-19-10-5-4-6-11-19/h4-7,9-12,17H,8,13-16H2,1-3H3. The van der Waals surface area contributed by atoms with Gasteiger partial charge in [0.05, 0.1) is 0 Å². The number of rotatable bonds is 8. The molecule has 0 saturated carbocycles. The van der Waals surface area contributed by atoms with Crippen LogP contribution in [0, 0.1) is 0 Å². The van der Waals surface area contributed by atoms with E-state index in [0.29, 0.717) is 13.1 Å². The zero-order valence-corrected chi connectivity index (χ0v) is 17.9. The molecule has 2 rings (SSSR count). The first kappa shape index (κ1) is 21.3. The second kappa shape index (κ2) is 10.4. The fourth-order valence-corrected chi connectivity index (χ4v) is 2.78. The van der Waals surface area contributed by atoms with Crippen LogP contribution in [0.25, 0.3) is 0 Å². The molecule has 0 atom stereocenters. The molecule has 0 aliphatic heterocycles. The summed E-state index contributed by atoms with van der Waals surface area (Å²) < 4.78 is 11.4. The highest BCUT2D eigenvalue weighted by Gasteiger charge is 2.21. The third-order valence-corrected chi connectivity index (χ3v) is 4.32. The summed E-state index contributed by atoms with van der Waals surface area (Å²) >= 11 is 3.43. The van der Waals surface area contributed by atoms with Crippen molar-refractivity contribution in [2.75, 3.05) is 18.4 Å². The van der Waals surface area contributed by atoms with Crippen molar-refractivity contribution >= 4 is 22.0 Å². The number of ether oxygens (including phenoxy) is 2. The summed E-state index contributed by atoms with van der Waals surface area (Å²) in [7, 11) is 0. The van der Waals surface area contributed by atoms with Crippen molar-refractivity contribution in [1.29, 1.82) is 0 Å². The first-order valence-electron chi connectivity index (χ1n) is 9.23. The molecule has 0 fully saturated rings. The van der Waals surface area contributed by atoms with E-state index < -0.39 is 5.60 Å². The predicted octanol–water partition coefficient (Wildman–Crippen LogP) is 6.04. The van der Waals surface area contributed by atoms with Gasteiger partial charge >= 0.3 is 6.09 Å². The van der Waals surface area contributed by atoms with Gasteiger partial charge in [-0.1, -0.05) is 46.3 Å². The lowest BCUT2D eigenvalue weighted by Gasteiger charge is -2.27. The van der Waals surface area contributed by atoms with Gasteiger partial charge in [0.25, 0.3) is 0 Å². The van der Waals surface area contributed by atoms with Crippen LogP contribution in [-0.4, -0.2) is 35.0 Å². The van der Waals surface area contributed by atoms with E-state index >= 15 is 0 Å². The van der Waals surface area contributed by atoms with Gasteiger partial charge in [-0.15, -0.1) is 0 Å². The highest BCUT2D eigenvalue weighted by atomic mass is 79.9. The van der Waals surface area contributed by atoms with Gasteiger partial charge in [-0.3, -0.25) is 0 Å². The fraction of sp³-hybridized carbons (Fsp3) is 0.409. The molecule has 0 bridgehead atoms. The molecule has 1 amide bonds. The Morgan fingerprint density at radius 2 is 1.70 bits per heavy atom. The summed E-state index contributed by atoms with van der Waals surface area (Å²) in [4.78, 5) is 14.2. The number of hydrogen-bond acceptors (Lipinski definition) is 3. The van der Waals surface area contributed by atoms with Crippen molar-refractivity contribution in [3.8, 4) is 11.5 Å². The fourth-order valence-electron chi connectivity index (χ4n) is 2.52.